The van der Waals surface area contributed by atoms with Crippen molar-refractivity contribution in [3.63, 3.8) is 0 Å². The summed E-state index contributed by atoms with van der Waals surface area (Å²) in [5, 5.41) is 1.06. The predicted octanol–water partition coefficient (Wildman–Crippen LogP) is 3.88. The van der Waals surface area contributed by atoms with Crippen molar-refractivity contribution in [2.45, 2.75) is 27.2 Å². The maximum absolute atomic E-state index is 12.0. The molecule has 1 heterocycles. The number of likely N-dealkylation sites (N-methyl/N-ethyl adjacent to an activating group) is 1. The second-order valence-electron chi connectivity index (χ2n) is 4.63. The highest BCUT2D eigenvalue weighted by atomic mass is 16.3. The fraction of sp³-hybridized carbons (Fsp3) is 0.353. The number of aryl methyl sites for hydroxylation is 1. The largest absolute Gasteiger partial charge is 0.460 e. The first-order valence-corrected chi connectivity index (χ1v) is 7.18. The SMILES string of the molecule is CCc1oc2ccccc2c1/C=C/C(=O)N(CC)CC. The molecule has 0 unspecified atom stereocenters. The first-order chi connectivity index (χ1) is 9.71. The molecule has 20 heavy (non-hydrogen) atoms. The van der Waals surface area contributed by atoms with Gasteiger partial charge in [0.15, 0.2) is 0 Å². The second kappa shape index (κ2) is 6.42. The first kappa shape index (κ1) is 14.4. The zero-order chi connectivity index (χ0) is 14.5. The van der Waals surface area contributed by atoms with Gasteiger partial charge in [-0.25, -0.2) is 0 Å². The number of hydrogen-bond acceptors (Lipinski definition) is 2. The van der Waals surface area contributed by atoms with Crippen LogP contribution in [0.4, 0.5) is 0 Å². The van der Waals surface area contributed by atoms with Crippen LogP contribution in [0.25, 0.3) is 17.0 Å². The van der Waals surface area contributed by atoms with Gasteiger partial charge in [0, 0.05) is 36.5 Å². The fourth-order valence-electron chi connectivity index (χ4n) is 2.36. The summed E-state index contributed by atoms with van der Waals surface area (Å²) in [6, 6.07) is 7.93. The summed E-state index contributed by atoms with van der Waals surface area (Å²) in [4.78, 5) is 13.8. The lowest BCUT2D eigenvalue weighted by Crippen LogP contribution is -2.28. The Balaban J connectivity index is 2.35. The molecule has 0 aliphatic carbocycles. The van der Waals surface area contributed by atoms with Crippen LogP contribution in [0.3, 0.4) is 0 Å². The molecule has 1 aromatic heterocycles. The molecule has 3 nitrogen and oxygen atoms in total. The Morgan fingerprint density at radius 3 is 2.55 bits per heavy atom. The quantitative estimate of drug-likeness (QED) is 0.773. The molecular weight excluding hydrogens is 250 g/mol. The van der Waals surface area contributed by atoms with Crippen molar-refractivity contribution in [3.05, 3.63) is 41.7 Å². The average Bonchev–Trinajstić information content (AvgIpc) is 2.84. The minimum atomic E-state index is 0.0438. The smallest absolute Gasteiger partial charge is 0.246 e. The van der Waals surface area contributed by atoms with E-state index in [0.29, 0.717) is 0 Å². The van der Waals surface area contributed by atoms with Crippen LogP contribution in [0.5, 0.6) is 0 Å². The summed E-state index contributed by atoms with van der Waals surface area (Å²) >= 11 is 0. The van der Waals surface area contributed by atoms with Gasteiger partial charge >= 0.3 is 0 Å². The molecule has 0 spiro atoms. The van der Waals surface area contributed by atoms with Gasteiger partial charge in [-0.2, -0.15) is 0 Å². The lowest BCUT2D eigenvalue weighted by atomic mass is 10.1. The van der Waals surface area contributed by atoms with Crippen molar-refractivity contribution in [1.29, 1.82) is 0 Å². The summed E-state index contributed by atoms with van der Waals surface area (Å²) in [7, 11) is 0. The van der Waals surface area contributed by atoms with Gasteiger partial charge in [0.2, 0.25) is 5.91 Å². The standard InChI is InChI=1S/C17H21NO2/c1-4-15-14(11-12-17(19)18(5-2)6-3)13-9-7-8-10-16(13)20-15/h7-12H,4-6H2,1-3H3/b12-11+. The van der Waals surface area contributed by atoms with Crippen molar-refractivity contribution in [2.75, 3.05) is 13.1 Å². The maximum Gasteiger partial charge on any atom is 0.246 e. The number of benzene rings is 1. The monoisotopic (exact) mass is 271 g/mol. The van der Waals surface area contributed by atoms with E-state index in [1.165, 1.54) is 0 Å². The third-order valence-electron chi connectivity index (χ3n) is 3.50. The van der Waals surface area contributed by atoms with Gasteiger partial charge in [0.1, 0.15) is 11.3 Å². The first-order valence-electron chi connectivity index (χ1n) is 7.18. The number of hydrogen-bond donors (Lipinski definition) is 0. The zero-order valence-corrected chi connectivity index (χ0v) is 12.3. The molecule has 0 fully saturated rings. The summed E-state index contributed by atoms with van der Waals surface area (Å²) in [5.41, 5.74) is 1.89. The van der Waals surface area contributed by atoms with Gasteiger partial charge < -0.3 is 9.32 Å². The molecule has 3 heteroatoms. The number of carbonyl (C=O) groups excluding carboxylic acids is 1. The second-order valence-corrected chi connectivity index (χ2v) is 4.63. The van der Waals surface area contributed by atoms with Gasteiger partial charge in [0.25, 0.3) is 0 Å². The van der Waals surface area contributed by atoms with Crippen molar-refractivity contribution in [2.24, 2.45) is 0 Å². The van der Waals surface area contributed by atoms with E-state index >= 15 is 0 Å². The van der Waals surface area contributed by atoms with Crippen LogP contribution >= 0.6 is 0 Å². The van der Waals surface area contributed by atoms with Crippen molar-refractivity contribution in [3.8, 4) is 0 Å². The summed E-state index contributed by atoms with van der Waals surface area (Å²) < 4.78 is 5.82. The van der Waals surface area contributed by atoms with Crippen LogP contribution in [0.2, 0.25) is 0 Å². The Kier molecular flexibility index (Phi) is 4.61. The molecule has 0 aliphatic rings. The Morgan fingerprint density at radius 2 is 1.90 bits per heavy atom. The number of para-hydroxylation sites is 1. The van der Waals surface area contributed by atoms with E-state index in [1.54, 1.807) is 11.0 Å². The molecule has 2 rings (SSSR count). The third kappa shape index (κ3) is 2.77. The van der Waals surface area contributed by atoms with Gasteiger partial charge in [-0.3, -0.25) is 4.79 Å². The highest BCUT2D eigenvalue weighted by molar-refractivity contribution is 5.96. The minimum absolute atomic E-state index is 0.0438. The van der Waals surface area contributed by atoms with Crippen molar-refractivity contribution >= 4 is 23.0 Å². The molecule has 2 aromatic rings. The summed E-state index contributed by atoms with van der Waals surface area (Å²) in [6.07, 6.45) is 4.34. The molecule has 1 aromatic carbocycles. The lowest BCUT2D eigenvalue weighted by molar-refractivity contribution is -0.125. The topological polar surface area (TPSA) is 33.5 Å². The van der Waals surface area contributed by atoms with E-state index in [-0.39, 0.29) is 5.91 Å². The van der Waals surface area contributed by atoms with Gasteiger partial charge in [-0.1, -0.05) is 25.1 Å². The molecule has 0 saturated heterocycles. The molecule has 0 aliphatic heterocycles. The van der Waals surface area contributed by atoms with Crippen LogP contribution in [-0.4, -0.2) is 23.9 Å². The summed E-state index contributed by atoms with van der Waals surface area (Å²) in [6.45, 7) is 7.49. The third-order valence-corrected chi connectivity index (χ3v) is 3.50. The van der Waals surface area contributed by atoms with E-state index in [4.69, 9.17) is 4.42 Å². The van der Waals surface area contributed by atoms with Gasteiger partial charge in [-0.05, 0) is 26.0 Å². The zero-order valence-electron chi connectivity index (χ0n) is 12.3. The highest BCUT2D eigenvalue weighted by Gasteiger charge is 2.11. The lowest BCUT2D eigenvalue weighted by Gasteiger charge is -2.15. The Bertz CT molecular complexity index is 621. The molecule has 0 saturated carbocycles. The summed E-state index contributed by atoms with van der Waals surface area (Å²) in [5.74, 6) is 0.970. The Labute approximate surface area is 119 Å². The van der Waals surface area contributed by atoms with E-state index in [2.05, 4.69) is 6.92 Å². The Hall–Kier alpha value is -2.03. The molecule has 0 N–H and O–H groups in total. The van der Waals surface area contributed by atoms with Crippen molar-refractivity contribution < 1.29 is 9.21 Å². The molecular formula is C17H21NO2. The minimum Gasteiger partial charge on any atom is -0.460 e. The molecule has 0 radical (unpaired) electrons. The molecule has 1 amide bonds. The number of rotatable bonds is 5. The van der Waals surface area contributed by atoms with Crippen LogP contribution in [0.1, 0.15) is 32.1 Å². The normalized spacial score (nSPS) is 11.3. The highest BCUT2D eigenvalue weighted by Crippen LogP contribution is 2.27. The van der Waals surface area contributed by atoms with Crippen LogP contribution in [-0.2, 0) is 11.2 Å². The van der Waals surface area contributed by atoms with Gasteiger partial charge in [-0.15, -0.1) is 0 Å². The van der Waals surface area contributed by atoms with Gasteiger partial charge in [0.05, 0.1) is 0 Å². The van der Waals surface area contributed by atoms with E-state index in [1.807, 2.05) is 44.2 Å². The fourth-order valence-corrected chi connectivity index (χ4v) is 2.36. The van der Waals surface area contributed by atoms with Crippen molar-refractivity contribution in [1.82, 2.24) is 4.90 Å². The molecule has 106 valence electrons. The number of nitrogens with zero attached hydrogens (tertiary/aromatic N) is 1. The number of amides is 1. The number of fused-ring (bicyclic) bond motifs is 1. The van der Waals surface area contributed by atoms with Crippen LogP contribution < -0.4 is 0 Å². The molecule has 0 atom stereocenters. The predicted molar refractivity (Wildman–Crippen MR) is 82.6 cm³/mol. The average molecular weight is 271 g/mol. The van der Waals surface area contributed by atoms with E-state index in [9.17, 15) is 4.79 Å². The van der Waals surface area contributed by atoms with Crippen LogP contribution in [0, 0.1) is 0 Å². The Morgan fingerprint density at radius 1 is 1.20 bits per heavy atom. The van der Waals surface area contributed by atoms with Crippen LogP contribution in [0.15, 0.2) is 34.8 Å². The van der Waals surface area contributed by atoms with E-state index in [0.717, 1.165) is 41.8 Å². The molecule has 0 bridgehead atoms. The van der Waals surface area contributed by atoms with E-state index < -0.39 is 0 Å². The number of furan rings is 1. The maximum atomic E-state index is 12.0. The number of carbonyl (C=O) groups is 1.